The number of hydrogen-bond donors (Lipinski definition) is 0. The van der Waals surface area contributed by atoms with Crippen LogP contribution in [-0.2, 0) is 37.9 Å². The average molecular weight is 961 g/mol. The first-order valence-electron chi connectivity index (χ1n) is 27.6. The molecule has 3 heteroatoms. The Morgan fingerprint density at radius 3 is 1.32 bits per heavy atom. The van der Waals surface area contributed by atoms with Crippen LogP contribution in [0.2, 0.25) is 0 Å². The van der Waals surface area contributed by atoms with Gasteiger partial charge in [-0.05, 0) is 179 Å². The van der Waals surface area contributed by atoms with E-state index in [0.717, 1.165) is 0 Å². The van der Waals surface area contributed by atoms with Crippen molar-refractivity contribution in [2.24, 2.45) is 0 Å². The summed E-state index contributed by atoms with van der Waals surface area (Å²) in [6.45, 7) is 41.3. The predicted molar refractivity (Wildman–Crippen MR) is 318 cm³/mol. The zero-order valence-electron chi connectivity index (χ0n) is 47.5. The number of fused-ring (bicyclic) bond motifs is 6. The quantitative estimate of drug-likeness (QED) is 0.162. The second-order valence-electron chi connectivity index (χ2n) is 28.4. The molecule has 0 aromatic heterocycles. The molecule has 0 atom stereocenters. The Hall–Kier alpha value is -5.80. The lowest BCUT2D eigenvalue weighted by Gasteiger charge is -2.49. The van der Waals surface area contributed by atoms with Crippen molar-refractivity contribution in [3.63, 3.8) is 0 Å². The van der Waals surface area contributed by atoms with Crippen molar-refractivity contribution >= 4 is 57.2 Å². The molecule has 2 heterocycles. The highest BCUT2D eigenvalue weighted by Crippen LogP contribution is 2.55. The van der Waals surface area contributed by atoms with E-state index in [4.69, 9.17) is 0 Å². The third-order valence-electron chi connectivity index (χ3n) is 18.2. The van der Waals surface area contributed by atoms with Gasteiger partial charge in [-0.1, -0.05) is 203 Å². The van der Waals surface area contributed by atoms with E-state index in [1.54, 1.807) is 0 Å². The Bertz CT molecular complexity index is 3280. The molecule has 0 unspecified atom stereocenters. The van der Waals surface area contributed by atoms with Crippen molar-refractivity contribution in [3.8, 4) is 22.3 Å². The summed E-state index contributed by atoms with van der Waals surface area (Å²) in [6, 6.07) is 53.2. The van der Waals surface area contributed by atoms with E-state index in [9.17, 15) is 0 Å². The Balaban J connectivity index is 1.34. The highest BCUT2D eigenvalue weighted by Gasteiger charge is 2.48. The Kier molecular flexibility index (Phi) is 11.1. The molecule has 0 amide bonds. The first kappa shape index (κ1) is 49.4. The minimum Gasteiger partial charge on any atom is -0.311 e. The second-order valence-corrected chi connectivity index (χ2v) is 28.4. The molecular formula is C70H81BN2. The van der Waals surface area contributed by atoms with Crippen molar-refractivity contribution in [1.29, 1.82) is 0 Å². The van der Waals surface area contributed by atoms with Crippen LogP contribution in [0.3, 0.4) is 0 Å². The van der Waals surface area contributed by atoms with Gasteiger partial charge in [-0.2, -0.15) is 0 Å². The van der Waals surface area contributed by atoms with Crippen LogP contribution in [0.15, 0.2) is 133 Å². The minimum atomic E-state index is -0.153. The van der Waals surface area contributed by atoms with Gasteiger partial charge in [0.1, 0.15) is 0 Å². The smallest absolute Gasteiger partial charge is 0.252 e. The Morgan fingerprint density at radius 2 is 0.808 bits per heavy atom. The fourth-order valence-electron chi connectivity index (χ4n) is 13.2. The number of hydrogen-bond acceptors (Lipinski definition) is 2. The monoisotopic (exact) mass is 961 g/mol. The Labute approximate surface area is 440 Å². The van der Waals surface area contributed by atoms with Gasteiger partial charge < -0.3 is 9.80 Å². The number of rotatable bonds is 4. The summed E-state index contributed by atoms with van der Waals surface area (Å²) in [6.07, 6.45) is 4.70. The van der Waals surface area contributed by atoms with Crippen molar-refractivity contribution in [1.82, 2.24) is 0 Å². The van der Waals surface area contributed by atoms with E-state index < -0.39 is 0 Å². The van der Waals surface area contributed by atoms with E-state index >= 15 is 0 Å². The molecule has 2 nitrogen and oxygen atoms in total. The highest BCUT2D eigenvalue weighted by atomic mass is 15.2. The molecule has 0 radical (unpaired) electrons. The molecule has 0 N–H and O–H groups in total. The summed E-state index contributed by atoms with van der Waals surface area (Å²) in [5.41, 5.74) is 26.7. The van der Waals surface area contributed by atoms with Gasteiger partial charge in [0.05, 0.1) is 5.69 Å². The van der Waals surface area contributed by atoms with E-state index in [2.05, 4.69) is 261 Å². The fraction of sp³-hybridized carbons (Fsp3) is 0.400. The van der Waals surface area contributed by atoms with Crippen LogP contribution in [0.25, 0.3) is 22.3 Å². The maximum atomic E-state index is 2.74. The van der Waals surface area contributed by atoms with E-state index in [1.807, 2.05) is 0 Å². The third kappa shape index (κ3) is 8.04. The molecule has 2 aliphatic heterocycles. The van der Waals surface area contributed by atoms with Gasteiger partial charge in [0.15, 0.2) is 0 Å². The summed E-state index contributed by atoms with van der Waals surface area (Å²) < 4.78 is 0. The highest BCUT2D eigenvalue weighted by molar-refractivity contribution is 7.00. The zero-order chi connectivity index (χ0) is 52.2. The molecule has 0 fully saturated rings. The lowest BCUT2D eigenvalue weighted by molar-refractivity contribution is 0.332. The van der Waals surface area contributed by atoms with Gasteiger partial charge in [0.25, 0.3) is 6.71 Å². The van der Waals surface area contributed by atoms with Crippen LogP contribution in [0.1, 0.15) is 182 Å². The number of anilines is 6. The molecule has 4 aliphatic rings. The van der Waals surface area contributed by atoms with Gasteiger partial charge >= 0.3 is 0 Å². The number of benzene rings is 7. The normalized spacial score (nSPS) is 18.1. The third-order valence-corrected chi connectivity index (χ3v) is 18.2. The minimum absolute atomic E-state index is 0.00726. The molecule has 0 spiro atoms. The average Bonchev–Trinajstić information content (AvgIpc) is 3.33. The van der Waals surface area contributed by atoms with Crippen LogP contribution in [0, 0.1) is 0 Å². The zero-order valence-corrected chi connectivity index (χ0v) is 47.5. The second kappa shape index (κ2) is 16.4. The molecular weight excluding hydrogens is 880 g/mol. The lowest BCUT2D eigenvalue weighted by Crippen LogP contribution is -2.62. The molecule has 0 saturated heterocycles. The van der Waals surface area contributed by atoms with Crippen molar-refractivity contribution in [3.05, 3.63) is 172 Å². The summed E-state index contributed by atoms with van der Waals surface area (Å²) in [4.78, 5) is 5.47. The molecule has 0 saturated carbocycles. The molecule has 0 bridgehead atoms. The Morgan fingerprint density at radius 1 is 0.370 bits per heavy atom. The predicted octanol–water partition coefficient (Wildman–Crippen LogP) is 17.7. The summed E-state index contributed by atoms with van der Waals surface area (Å²) in [5, 5.41) is 0. The first-order valence-corrected chi connectivity index (χ1v) is 27.6. The molecule has 7 aromatic carbocycles. The summed E-state index contributed by atoms with van der Waals surface area (Å²) >= 11 is 0. The van der Waals surface area contributed by atoms with Crippen molar-refractivity contribution in [2.45, 2.75) is 181 Å². The maximum Gasteiger partial charge on any atom is 0.252 e. The van der Waals surface area contributed by atoms with Gasteiger partial charge in [0.2, 0.25) is 0 Å². The molecule has 11 rings (SSSR count). The number of nitrogens with zero attached hydrogens (tertiary/aromatic N) is 2. The SMILES string of the molecule is CC(C)(C)c1ccc2c(c1)B1c3cc4c(cc3N(c3ccc5c(c3)C(C)(C)CCC5(C)C)c3cc(C(C)(C)C)cc(c31)N2c1c(-c2ccccc2)cc(C(C)(C)C)cc1-c1ccccc1)C(C)(C)CCC4(C)C. The van der Waals surface area contributed by atoms with E-state index in [1.165, 1.54) is 137 Å². The van der Waals surface area contributed by atoms with Crippen LogP contribution >= 0.6 is 0 Å². The van der Waals surface area contributed by atoms with Gasteiger partial charge in [-0.15, -0.1) is 0 Å². The standard InChI is InChI=1S/C70H81BN2/c1-64(2,3)46-28-31-58-56(38-46)71-57-42-54-55(70(16,17)35-34-69(54,14)15)43-59(57)72(49-29-30-52-53(41-49)68(12,13)33-32-67(52,10)11)60-39-48(66(7,8)9)40-61(62(60)71)73(58)63-50(44-24-20-18-21-25-44)36-47(65(4,5)6)37-51(63)45-26-22-19-23-27-45/h18-31,36-43H,32-35H2,1-17H3. The first-order chi connectivity index (χ1) is 34.1. The largest absolute Gasteiger partial charge is 0.311 e. The summed E-state index contributed by atoms with van der Waals surface area (Å²) in [7, 11) is 0. The van der Waals surface area contributed by atoms with Crippen LogP contribution in [-0.4, -0.2) is 6.71 Å². The molecule has 2 aliphatic carbocycles. The topological polar surface area (TPSA) is 6.48 Å². The molecule has 73 heavy (non-hydrogen) atoms. The van der Waals surface area contributed by atoms with Crippen LogP contribution in [0.4, 0.5) is 34.1 Å². The van der Waals surface area contributed by atoms with Gasteiger partial charge in [0, 0.05) is 39.6 Å². The van der Waals surface area contributed by atoms with Crippen molar-refractivity contribution in [2.75, 3.05) is 9.80 Å². The lowest BCUT2D eigenvalue weighted by atomic mass is 9.32. The van der Waals surface area contributed by atoms with E-state index in [0.29, 0.717) is 0 Å². The molecule has 374 valence electrons. The fourth-order valence-corrected chi connectivity index (χ4v) is 13.2. The summed E-state index contributed by atoms with van der Waals surface area (Å²) in [5.74, 6) is 0. The molecule has 7 aromatic rings. The van der Waals surface area contributed by atoms with Crippen LogP contribution in [0.5, 0.6) is 0 Å². The van der Waals surface area contributed by atoms with E-state index in [-0.39, 0.29) is 44.6 Å². The van der Waals surface area contributed by atoms with Crippen molar-refractivity contribution < 1.29 is 0 Å². The maximum absolute atomic E-state index is 2.74. The van der Waals surface area contributed by atoms with Gasteiger partial charge in [-0.3, -0.25) is 0 Å². The van der Waals surface area contributed by atoms with Crippen LogP contribution < -0.4 is 26.2 Å². The van der Waals surface area contributed by atoms with Gasteiger partial charge in [-0.25, -0.2) is 0 Å².